The van der Waals surface area contributed by atoms with Gasteiger partial charge in [-0.3, -0.25) is 0 Å². The number of rotatable bonds is 2. The Kier molecular flexibility index (Phi) is 7.88. The molecule has 0 fully saturated rings. The molecule has 0 N–H and O–H groups in total. The topological polar surface area (TPSA) is 0 Å². The zero-order valence-corrected chi connectivity index (χ0v) is 5.46. The van der Waals surface area contributed by atoms with Gasteiger partial charge in [0.15, 0.2) is 0 Å². The zero-order valence-electron chi connectivity index (χ0n) is 5.46. The van der Waals surface area contributed by atoms with Gasteiger partial charge in [0.05, 0.1) is 0 Å². The third kappa shape index (κ3) is 6.45. The number of hydrogen-bond donors (Lipinski definition) is 0. The van der Waals surface area contributed by atoms with E-state index in [0.29, 0.717) is 0 Å². The Morgan fingerprint density at radius 1 is 1.00 bits per heavy atom. The van der Waals surface area contributed by atoms with Crippen molar-refractivity contribution in [2.24, 2.45) is 0 Å². The molecule has 0 bridgehead atoms. The molecule has 0 aliphatic rings. The van der Waals surface area contributed by atoms with Gasteiger partial charge >= 0.3 is 54.8 Å². The molecule has 7 heteroatoms. The van der Waals surface area contributed by atoms with Crippen LogP contribution >= 0.6 is 0 Å². The summed E-state index contributed by atoms with van der Waals surface area (Å²) >= 11 is 0. The van der Waals surface area contributed by atoms with E-state index < -0.39 is 0 Å². The van der Waals surface area contributed by atoms with Crippen LogP contribution in [0.25, 0.3) is 0 Å². The van der Waals surface area contributed by atoms with E-state index in [0.717, 1.165) is 0 Å². The van der Waals surface area contributed by atoms with Crippen molar-refractivity contribution >= 4 is 48.0 Å². The first-order valence-corrected chi connectivity index (χ1v) is 2.82. The van der Waals surface area contributed by atoms with Gasteiger partial charge in [-0.2, -0.15) is 0 Å². The van der Waals surface area contributed by atoms with Crippen molar-refractivity contribution in [3.8, 4) is 0 Å². The molecule has 0 spiro atoms. The fourth-order valence-corrected chi connectivity index (χ4v) is 0.351. The van der Waals surface area contributed by atoms with Crippen LogP contribution in [0.1, 0.15) is 0 Å². The maximum atomic E-state index is 2.00. The van der Waals surface area contributed by atoms with Crippen LogP contribution in [0.2, 0.25) is 6.82 Å². The molecule has 0 saturated carbocycles. The quantitative estimate of drug-likeness (QED) is 0.328. The van der Waals surface area contributed by atoms with E-state index in [1.807, 2.05) is 54.8 Å². The molecule has 0 unspecified atom stereocenters. The van der Waals surface area contributed by atoms with E-state index in [1.54, 1.807) is 0 Å². The molecule has 0 aliphatic carbocycles. The van der Waals surface area contributed by atoms with Crippen molar-refractivity contribution in [2.45, 2.75) is 6.82 Å². The zero-order chi connectivity index (χ0) is 6.24. The van der Waals surface area contributed by atoms with Gasteiger partial charge in [-0.25, -0.2) is 0 Å². The van der Waals surface area contributed by atoms with Crippen LogP contribution in [0.15, 0.2) is 0 Å². The van der Waals surface area contributed by atoms with Gasteiger partial charge in [0, 0.05) is 0 Å². The van der Waals surface area contributed by atoms with E-state index in [1.165, 1.54) is 0 Å². The summed E-state index contributed by atoms with van der Waals surface area (Å²) in [7, 11) is 2.00. The van der Waals surface area contributed by atoms with Gasteiger partial charge in [-0.1, -0.05) is 0 Å². The van der Waals surface area contributed by atoms with Crippen molar-refractivity contribution in [3.05, 3.63) is 0 Å². The third-order valence-electron chi connectivity index (χ3n) is 0.718. The van der Waals surface area contributed by atoms with E-state index >= 15 is 0 Å². The van der Waals surface area contributed by atoms with Crippen molar-refractivity contribution < 1.29 is 0 Å². The standard InChI is InChI=1S/CH5B7/c1-3-5-7-8-6-4-2/h2H2,1H3. The first-order chi connectivity index (χ1) is 3.91. The summed E-state index contributed by atoms with van der Waals surface area (Å²) in [5.74, 6) is 0. The maximum absolute atomic E-state index is 2.00. The molecular weight excluding hydrogens is 87.7 g/mol. The van der Waals surface area contributed by atoms with Crippen molar-refractivity contribution in [2.75, 3.05) is 0 Å². The summed E-state index contributed by atoms with van der Waals surface area (Å²) in [5, 5.41) is 0. The molecule has 0 radical (unpaired) electrons. The molecule has 8 heavy (non-hydrogen) atoms. The first-order valence-electron chi connectivity index (χ1n) is 2.82. The van der Waals surface area contributed by atoms with E-state index in [9.17, 15) is 0 Å². The van der Waals surface area contributed by atoms with Crippen LogP contribution in [0.4, 0.5) is 0 Å². The molecule has 0 amide bonds. The second-order valence-electron chi connectivity index (χ2n) is 1.44. The molecule has 0 heterocycles. The Morgan fingerprint density at radius 2 is 1.62 bits per heavy atom. The Morgan fingerprint density at radius 3 is 2.12 bits per heavy atom. The summed E-state index contributed by atoms with van der Waals surface area (Å²) in [6, 6.07) is 0. The minimum absolute atomic E-state index is 2.00. The average molecular weight is 92.7 g/mol. The van der Waals surface area contributed by atoms with Gasteiger partial charge in [-0.05, 0) is 0 Å². The third-order valence-corrected chi connectivity index (χ3v) is 0.718. The molecule has 0 aromatic heterocycles. The predicted molar refractivity (Wildman–Crippen MR) is 48.9 cm³/mol. The van der Waals surface area contributed by atoms with Crippen LogP contribution < -0.4 is 0 Å². The predicted octanol–water partition coefficient (Wildman–Crippen LogP) is -2.62. The van der Waals surface area contributed by atoms with Crippen LogP contribution in [-0.2, 0) is 0 Å². The Balaban J connectivity index is 3.35. The fraction of sp³-hybridized carbons (Fsp3) is 1.00. The molecule has 0 atom stereocenters. The van der Waals surface area contributed by atoms with Gasteiger partial charge in [0.1, 0.15) is 0 Å². The summed E-state index contributed by atoms with van der Waals surface area (Å²) in [6.45, 7) is 14.0. The minimum atomic E-state index is 2.00. The molecule has 0 aromatic carbocycles. The van der Waals surface area contributed by atoms with Crippen molar-refractivity contribution in [1.82, 2.24) is 0 Å². The Labute approximate surface area is 55.5 Å². The molecule has 0 saturated heterocycles. The molecule has 0 aromatic rings. The van der Waals surface area contributed by atoms with Gasteiger partial charge in [-0.15, -0.1) is 0 Å². The van der Waals surface area contributed by atoms with Crippen LogP contribution in [0, 0.1) is 0 Å². The summed E-state index contributed by atoms with van der Waals surface area (Å²) < 4.78 is 0. The van der Waals surface area contributed by atoms with E-state index in [4.69, 9.17) is 0 Å². The Bertz CT molecular complexity index is 95.6. The molecule has 30 valence electrons. The Hall–Kier alpha value is 0.455. The normalized spacial score (nSPS) is 6.62. The molecule has 0 nitrogen and oxygen atoms in total. The second kappa shape index (κ2) is 7.45. The summed E-state index contributed by atoms with van der Waals surface area (Å²) in [6.07, 6.45) is 0. The van der Waals surface area contributed by atoms with Crippen LogP contribution in [-0.4, -0.2) is 48.0 Å². The van der Waals surface area contributed by atoms with Gasteiger partial charge in [0.25, 0.3) is 0 Å². The summed E-state index contributed by atoms with van der Waals surface area (Å²) in [5.41, 5.74) is 0. The summed E-state index contributed by atoms with van der Waals surface area (Å²) in [4.78, 5) is 0. The van der Waals surface area contributed by atoms with E-state index in [-0.39, 0.29) is 0 Å². The fourth-order valence-electron chi connectivity index (χ4n) is 0.351. The van der Waals surface area contributed by atoms with Crippen molar-refractivity contribution in [3.63, 3.8) is 0 Å². The van der Waals surface area contributed by atoms with Gasteiger partial charge in [0.2, 0.25) is 0 Å². The molecule has 0 rings (SSSR count). The van der Waals surface area contributed by atoms with Crippen LogP contribution in [0.5, 0.6) is 0 Å². The second-order valence-corrected chi connectivity index (χ2v) is 1.44. The monoisotopic (exact) mass is 94.1 g/mol. The van der Waals surface area contributed by atoms with Crippen molar-refractivity contribution in [1.29, 1.82) is 0 Å². The van der Waals surface area contributed by atoms with Gasteiger partial charge < -0.3 is 0 Å². The van der Waals surface area contributed by atoms with Crippen LogP contribution in [0.3, 0.4) is 0 Å². The SMILES string of the molecule is BB=BB=BB=BC. The first kappa shape index (κ1) is 8.45. The average Bonchev–Trinajstić information content (AvgIpc) is 1.81. The number of hydrogen-bond acceptors (Lipinski definition) is 0. The molecular formula is CH5B7. The molecule has 0 aliphatic heterocycles. The van der Waals surface area contributed by atoms with E-state index in [2.05, 4.69) is 0 Å².